The number of hydrogen-bond donors (Lipinski definition) is 0. The van der Waals surface area contributed by atoms with Crippen molar-refractivity contribution in [2.24, 2.45) is 23.7 Å². The highest BCUT2D eigenvalue weighted by molar-refractivity contribution is 5.91. The summed E-state index contributed by atoms with van der Waals surface area (Å²) in [5.41, 5.74) is 15.8. The van der Waals surface area contributed by atoms with Crippen LogP contribution in [-0.2, 0) is 0 Å². The van der Waals surface area contributed by atoms with E-state index in [-0.39, 0.29) is 0 Å². The summed E-state index contributed by atoms with van der Waals surface area (Å²) in [6.45, 7) is 0. The first-order valence-corrected chi connectivity index (χ1v) is 19.5. The monoisotopic (exact) mass is 637 g/mol. The summed E-state index contributed by atoms with van der Waals surface area (Å²) in [6.07, 6.45) is 14.3. The molecule has 0 amide bonds. The first-order valence-electron chi connectivity index (χ1n) is 19.5. The maximum absolute atomic E-state index is 2.63. The van der Waals surface area contributed by atoms with Gasteiger partial charge in [0.1, 0.15) is 0 Å². The number of anilines is 3. The van der Waals surface area contributed by atoms with Crippen molar-refractivity contribution in [3.63, 3.8) is 0 Å². The zero-order valence-electron chi connectivity index (χ0n) is 28.6. The standard InChI is InChI=1S/C48H47N/c1-3-7-41(8-4-1)49(42-9-5-2-6-10-42)48-29-35(34-11-14-43-37-19-30-17-31(20-37)24-39(23-30)46(43)27-34)12-16-45(48)36-13-15-44-38-21-32-18-33(22-38)26-40(25-32)47(44)28-36/h1-16,27-33,37-40H,17-26H2. The molecule has 0 heterocycles. The minimum absolute atomic E-state index is 0.735. The zero-order valence-corrected chi connectivity index (χ0v) is 28.6. The fourth-order valence-electron chi connectivity index (χ4n) is 12.4. The summed E-state index contributed by atoms with van der Waals surface area (Å²) < 4.78 is 0. The second-order valence-corrected chi connectivity index (χ2v) is 17.0. The van der Waals surface area contributed by atoms with Gasteiger partial charge in [0.2, 0.25) is 0 Å². The van der Waals surface area contributed by atoms with Crippen molar-refractivity contribution in [2.45, 2.75) is 87.9 Å². The van der Waals surface area contributed by atoms with E-state index in [0.29, 0.717) is 0 Å². The number of benzene rings is 5. The van der Waals surface area contributed by atoms with Crippen LogP contribution >= 0.6 is 0 Å². The highest BCUT2D eigenvalue weighted by Crippen LogP contribution is 2.58. The van der Waals surface area contributed by atoms with Gasteiger partial charge in [0, 0.05) is 16.9 Å². The Balaban J connectivity index is 1.08. The number of rotatable bonds is 5. The van der Waals surface area contributed by atoms with Gasteiger partial charge in [-0.25, -0.2) is 0 Å². The largest absolute Gasteiger partial charge is 0.310 e. The van der Waals surface area contributed by atoms with Crippen LogP contribution in [0, 0.1) is 23.7 Å². The Kier molecular flexibility index (Phi) is 6.57. The summed E-state index contributed by atoms with van der Waals surface area (Å²) in [5, 5.41) is 0. The van der Waals surface area contributed by atoms with E-state index in [1.165, 1.54) is 104 Å². The highest BCUT2D eigenvalue weighted by Gasteiger charge is 2.43. The normalized spacial score (nSPS) is 30.0. The van der Waals surface area contributed by atoms with E-state index < -0.39 is 0 Å². The SMILES string of the molecule is c1ccc(N(c2ccccc2)c2cc(-c3ccc4c(c3)C3CC5CC(CC4C5)C3)ccc2-c2ccc3c(c2)C2CC4CC(CC3C4)C2)cc1. The van der Waals surface area contributed by atoms with Crippen LogP contribution in [0.25, 0.3) is 22.3 Å². The lowest BCUT2D eigenvalue weighted by Crippen LogP contribution is -2.25. The van der Waals surface area contributed by atoms with Crippen molar-refractivity contribution >= 4 is 17.1 Å². The van der Waals surface area contributed by atoms with Gasteiger partial charge >= 0.3 is 0 Å². The Hall–Kier alpha value is -4.10. The molecule has 4 saturated carbocycles. The molecule has 4 fully saturated rings. The third-order valence-electron chi connectivity index (χ3n) is 14.1. The van der Waals surface area contributed by atoms with Crippen LogP contribution in [0.15, 0.2) is 115 Å². The molecule has 0 N–H and O–H groups in total. The summed E-state index contributed by atoms with van der Waals surface area (Å²) in [5.74, 6) is 6.80. The number of hydrogen-bond acceptors (Lipinski definition) is 1. The minimum atomic E-state index is 0.735. The summed E-state index contributed by atoms with van der Waals surface area (Å²) in [6, 6.07) is 44.7. The molecular formula is C48H47N. The maximum atomic E-state index is 2.63. The number of nitrogens with zero attached hydrogens (tertiary/aromatic N) is 1. The molecule has 0 aromatic heterocycles. The molecule has 244 valence electrons. The summed E-state index contributed by atoms with van der Waals surface area (Å²) >= 11 is 0. The fourth-order valence-corrected chi connectivity index (χ4v) is 12.4. The van der Waals surface area contributed by atoms with Gasteiger partial charge in [-0.15, -0.1) is 0 Å². The van der Waals surface area contributed by atoms with Gasteiger partial charge < -0.3 is 4.90 Å². The van der Waals surface area contributed by atoms with Crippen molar-refractivity contribution in [3.05, 3.63) is 138 Å². The molecule has 0 aliphatic heterocycles. The average Bonchev–Trinajstić information content (AvgIpc) is 3.42. The van der Waals surface area contributed by atoms with E-state index in [0.717, 1.165) is 47.3 Å². The van der Waals surface area contributed by atoms with E-state index in [1.54, 1.807) is 22.3 Å². The van der Waals surface area contributed by atoms with Gasteiger partial charge in [-0.1, -0.05) is 84.9 Å². The lowest BCUT2D eigenvalue weighted by atomic mass is 9.67. The summed E-state index contributed by atoms with van der Waals surface area (Å²) in [4.78, 5) is 2.50. The van der Waals surface area contributed by atoms with E-state index in [1.807, 2.05) is 0 Å². The Morgan fingerprint density at radius 3 is 1.27 bits per heavy atom. The Morgan fingerprint density at radius 2 is 0.755 bits per heavy atom. The topological polar surface area (TPSA) is 3.24 Å². The molecule has 8 aliphatic rings. The van der Waals surface area contributed by atoms with Gasteiger partial charge in [-0.2, -0.15) is 0 Å². The Labute approximate surface area is 292 Å². The molecule has 1 heteroatoms. The van der Waals surface area contributed by atoms with Crippen LogP contribution in [0.2, 0.25) is 0 Å². The van der Waals surface area contributed by atoms with E-state index >= 15 is 0 Å². The first-order chi connectivity index (χ1) is 24.2. The van der Waals surface area contributed by atoms with Crippen molar-refractivity contribution in [2.75, 3.05) is 4.90 Å². The Morgan fingerprint density at radius 1 is 0.347 bits per heavy atom. The molecule has 1 nitrogen and oxygen atoms in total. The molecule has 0 radical (unpaired) electrons. The molecule has 4 atom stereocenters. The predicted octanol–water partition coefficient (Wildman–Crippen LogP) is 13.3. The van der Waals surface area contributed by atoms with Crippen molar-refractivity contribution < 1.29 is 0 Å². The fraction of sp³-hybridized carbons (Fsp3) is 0.375. The van der Waals surface area contributed by atoms with Crippen LogP contribution in [0.4, 0.5) is 17.1 Å². The molecule has 5 aromatic carbocycles. The van der Waals surface area contributed by atoms with Gasteiger partial charge in [0.25, 0.3) is 0 Å². The second kappa shape index (κ2) is 11.2. The van der Waals surface area contributed by atoms with Crippen LogP contribution in [0.5, 0.6) is 0 Å². The zero-order chi connectivity index (χ0) is 32.1. The molecule has 4 unspecified atom stereocenters. The third kappa shape index (κ3) is 4.79. The van der Waals surface area contributed by atoms with E-state index in [9.17, 15) is 0 Å². The molecule has 5 aromatic rings. The molecule has 49 heavy (non-hydrogen) atoms. The van der Waals surface area contributed by atoms with Crippen molar-refractivity contribution in [1.82, 2.24) is 0 Å². The van der Waals surface area contributed by atoms with E-state index in [4.69, 9.17) is 0 Å². The lowest BCUT2D eigenvalue weighted by molar-refractivity contribution is 0.165. The molecule has 0 saturated heterocycles. The van der Waals surface area contributed by atoms with Gasteiger partial charge in [-0.3, -0.25) is 0 Å². The number of para-hydroxylation sites is 2. The van der Waals surface area contributed by atoms with Crippen LogP contribution in [0.3, 0.4) is 0 Å². The predicted molar refractivity (Wildman–Crippen MR) is 203 cm³/mol. The second-order valence-electron chi connectivity index (χ2n) is 17.0. The first kappa shape index (κ1) is 28.7. The summed E-state index contributed by atoms with van der Waals surface area (Å²) in [7, 11) is 0. The van der Waals surface area contributed by atoms with Gasteiger partial charge in [0.05, 0.1) is 5.69 Å². The van der Waals surface area contributed by atoms with Gasteiger partial charge in [-0.05, 0) is 181 Å². The highest BCUT2D eigenvalue weighted by atomic mass is 15.1. The average molecular weight is 638 g/mol. The van der Waals surface area contributed by atoms with Crippen molar-refractivity contribution in [1.29, 1.82) is 0 Å². The molecular weight excluding hydrogens is 591 g/mol. The molecule has 13 rings (SSSR count). The van der Waals surface area contributed by atoms with Gasteiger partial charge in [0.15, 0.2) is 0 Å². The quantitative estimate of drug-likeness (QED) is 0.185. The molecule has 8 aliphatic carbocycles. The van der Waals surface area contributed by atoms with E-state index in [2.05, 4.69) is 120 Å². The van der Waals surface area contributed by atoms with Crippen LogP contribution in [-0.4, -0.2) is 0 Å². The third-order valence-corrected chi connectivity index (χ3v) is 14.1. The molecule has 0 spiro atoms. The maximum Gasteiger partial charge on any atom is 0.0546 e. The van der Waals surface area contributed by atoms with Crippen LogP contribution in [0.1, 0.15) is 110 Å². The van der Waals surface area contributed by atoms with Crippen LogP contribution < -0.4 is 4.90 Å². The minimum Gasteiger partial charge on any atom is -0.310 e. The molecule has 8 bridgehead atoms. The van der Waals surface area contributed by atoms with Crippen molar-refractivity contribution in [3.8, 4) is 22.3 Å². The lowest BCUT2D eigenvalue weighted by Gasteiger charge is -2.38. The smallest absolute Gasteiger partial charge is 0.0546 e. The Bertz CT molecular complexity index is 1980.